The average Bonchev–Trinajstić information content (AvgIpc) is 2.45. The number of hydrogen-bond acceptors (Lipinski definition) is 2. The fourth-order valence-corrected chi connectivity index (χ4v) is 2.15. The molecule has 0 aliphatic heterocycles. The van der Waals surface area contributed by atoms with Gasteiger partial charge in [-0.15, -0.1) is 0 Å². The zero-order valence-corrected chi connectivity index (χ0v) is 13.5. The Morgan fingerprint density at radius 1 is 1.04 bits per heavy atom. The Hall–Kier alpha value is -2.43. The largest absolute Gasteiger partial charge is 0.495 e. The standard InChI is InChI=1S/C18H19F2NO2/c1-18(2,3)12-5-6-16(23-4)15(9-12)21-17(22)11-7-13(19)10-14(20)8-11/h5-10H,1-4H3,(H,21,22). The van der Waals surface area contributed by atoms with Crippen LogP contribution in [-0.4, -0.2) is 13.0 Å². The van der Waals surface area contributed by atoms with Crippen LogP contribution >= 0.6 is 0 Å². The molecule has 23 heavy (non-hydrogen) atoms. The summed E-state index contributed by atoms with van der Waals surface area (Å²) >= 11 is 0. The van der Waals surface area contributed by atoms with Gasteiger partial charge in [0.2, 0.25) is 0 Å². The molecule has 3 nitrogen and oxygen atoms in total. The fraction of sp³-hybridized carbons (Fsp3) is 0.278. The molecule has 0 unspecified atom stereocenters. The zero-order valence-electron chi connectivity index (χ0n) is 13.5. The monoisotopic (exact) mass is 319 g/mol. The number of carbonyl (C=O) groups excluding carboxylic acids is 1. The molecule has 1 amide bonds. The lowest BCUT2D eigenvalue weighted by Gasteiger charge is -2.21. The van der Waals surface area contributed by atoms with E-state index in [9.17, 15) is 13.6 Å². The van der Waals surface area contributed by atoms with E-state index in [1.807, 2.05) is 26.8 Å². The summed E-state index contributed by atoms with van der Waals surface area (Å²) in [6, 6.07) is 8.15. The molecule has 2 aromatic rings. The molecule has 2 rings (SSSR count). The number of nitrogens with one attached hydrogen (secondary N) is 1. The van der Waals surface area contributed by atoms with Gasteiger partial charge in [0.15, 0.2) is 0 Å². The molecule has 0 aliphatic carbocycles. The molecule has 0 fully saturated rings. The smallest absolute Gasteiger partial charge is 0.255 e. The molecule has 0 heterocycles. The third-order valence-corrected chi connectivity index (χ3v) is 3.44. The van der Waals surface area contributed by atoms with Crippen molar-refractivity contribution in [3.63, 3.8) is 0 Å². The minimum Gasteiger partial charge on any atom is -0.495 e. The van der Waals surface area contributed by atoms with E-state index < -0.39 is 17.5 Å². The lowest BCUT2D eigenvalue weighted by Crippen LogP contribution is -2.16. The summed E-state index contributed by atoms with van der Waals surface area (Å²) < 4.78 is 31.7. The first-order valence-electron chi connectivity index (χ1n) is 7.16. The van der Waals surface area contributed by atoms with Gasteiger partial charge in [0.05, 0.1) is 12.8 Å². The Balaban J connectivity index is 2.36. The molecule has 122 valence electrons. The summed E-state index contributed by atoms with van der Waals surface area (Å²) in [4.78, 5) is 12.2. The van der Waals surface area contributed by atoms with E-state index in [2.05, 4.69) is 5.32 Å². The van der Waals surface area contributed by atoms with Crippen molar-refractivity contribution in [2.24, 2.45) is 0 Å². The second kappa shape index (κ2) is 6.36. The summed E-state index contributed by atoms with van der Waals surface area (Å²) in [6.07, 6.45) is 0. The Bertz CT molecular complexity index is 716. The summed E-state index contributed by atoms with van der Waals surface area (Å²) in [6.45, 7) is 6.13. The topological polar surface area (TPSA) is 38.3 Å². The van der Waals surface area contributed by atoms with E-state index in [-0.39, 0.29) is 11.0 Å². The molecular formula is C18H19F2NO2. The first-order chi connectivity index (χ1) is 10.7. The average molecular weight is 319 g/mol. The maximum absolute atomic E-state index is 13.2. The molecule has 2 aromatic carbocycles. The molecule has 0 aliphatic rings. The van der Waals surface area contributed by atoms with E-state index in [0.29, 0.717) is 11.4 Å². The number of ether oxygens (including phenoxy) is 1. The highest BCUT2D eigenvalue weighted by Gasteiger charge is 2.18. The van der Waals surface area contributed by atoms with Crippen molar-refractivity contribution in [3.05, 3.63) is 59.2 Å². The molecular weight excluding hydrogens is 300 g/mol. The van der Waals surface area contributed by atoms with Crippen molar-refractivity contribution in [1.82, 2.24) is 0 Å². The molecule has 0 bridgehead atoms. The Labute approximate surface area is 134 Å². The van der Waals surface area contributed by atoms with Gasteiger partial charge >= 0.3 is 0 Å². The van der Waals surface area contributed by atoms with Crippen LogP contribution in [0.4, 0.5) is 14.5 Å². The van der Waals surface area contributed by atoms with Gasteiger partial charge < -0.3 is 10.1 Å². The molecule has 0 saturated heterocycles. The van der Waals surface area contributed by atoms with Gasteiger partial charge in [-0.2, -0.15) is 0 Å². The summed E-state index contributed by atoms with van der Waals surface area (Å²) in [5, 5.41) is 2.65. The third kappa shape index (κ3) is 4.06. The number of benzene rings is 2. The fourth-order valence-electron chi connectivity index (χ4n) is 2.15. The lowest BCUT2D eigenvalue weighted by atomic mass is 9.87. The maximum Gasteiger partial charge on any atom is 0.255 e. The zero-order chi connectivity index (χ0) is 17.2. The highest BCUT2D eigenvalue weighted by Crippen LogP contribution is 2.31. The number of anilines is 1. The van der Waals surface area contributed by atoms with Gasteiger partial charge in [-0.05, 0) is 35.2 Å². The number of halogens is 2. The SMILES string of the molecule is COc1ccc(C(C)(C)C)cc1NC(=O)c1cc(F)cc(F)c1. The van der Waals surface area contributed by atoms with Crippen LogP contribution in [0.15, 0.2) is 36.4 Å². The quantitative estimate of drug-likeness (QED) is 0.903. The number of methoxy groups -OCH3 is 1. The molecule has 0 aromatic heterocycles. The second-order valence-electron chi connectivity index (χ2n) is 6.28. The van der Waals surface area contributed by atoms with E-state index in [4.69, 9.17) is 4.74 Å². The Kier molecular flexibility index (Phi) is 4.68. The van der Waals surface area contributed by atoms with Crippen molar-refractivity contribution >= 4 is 11.6 Å². The predicted octanol–water partition coefficient (Wildman–Crippen LogP) is 4.52. The second-order valence-corrected chi connectivity index (χ2v) is 6.28. The number of hydrogen-bond donors (Lipinski definition) is 1. The number of carbonyl (C=O) groups is 1. The van der Waals surface area contributed by atoms with E-state index in [0.717, 1.165) is 23.8 Å². The van der Waals surface area contributed by atoms with E-state index in [1.165, 1.54) is 7.11 Å². The molecule has 0 radical (unpaired) electrons. The molecule has 0 saturated carbocycles. The Morgan fingerprint density at radius 3 is 2.17 bits per heavy atom. The predicted molar refractivity (Wildman–Crippen MR) is 86.0 cm³/mol. The highest BCUT2D eigenvalue weighted by atomic mass is 19.1. The van der Waals surface area contributed by atoms with Gasteiger partial charge in [0, 0.05) is 11.6 Å². The maximum atomic E-state index is 13.2. The first kappa shape index (κ1) is 16.9. The summed E-state index contributed by atoms with van der Waals surface area (Å²) in [5.74, 6) is -1.73. The molecule has 5 heteroatoms. The van der Waals surface area contributed by atoms with Gasteiger partial charge in [0.1, 0.15) is 17.4 Å². The minimum absolute atomic E-state index is 0.0919. The molecule has 0 atom stereocenters. The van der Waals surface area contributed by atoms with Gasteiger partial charge in [-0.1, -0.05) is 26.8 Å². The molecule has 1 N–H and O–H groups in total. The van der Waals surface area contributed by atoms with Crippen molar-refractivity contribution < 1.29 is 18.3 Å². The van der Waals surface area contributed by atoms with Crippen LogP contribution in [0.3, 0.4) is 0 Å². The van der Waals surface area contributed by atoms with Gasteiger partial charge in [-0.3, -0.25) is 4.79 Å². The third-order valence-electron chi connectivity index (χ3n) is 3.44. The van der Waals surface area contributed by atoms with Crippen LogP contribution in [-0.2, 0) is 5.41 Å². The first-order valence-corrected chi connectivity index (χ1v) is 7.16. The minimum atomic E-state index is -0.800. The van der Waals surface area contributed by atoms with Crippen molar-refractivity contribution in [2.45, 2.75) is 26.2 Å². The summed E-state index contributed by atoms with van der Waals surface area (Å²) in [5.41, 5.74) is 1.25. The summed E-state index contributed by atoms with van der Waals surface area (Å²) in [7, 11) is 1.49. The normalized spacial score (nSPS) is 11.2. The highest BCUT2D eigenvalue weighted by molar-refractivity contribution is 6.05. The number of rotatable bonds is 3. The van der Waals surface area contributed by atoms with Gasteiger partial charge in [0.25, 0.3) is 5.91 Å². The van der Waals surface area contributed by atoms with Crippen molar-refractivity contribution in [2.75, 3.05) is 12.4 Å². The van der Waals surface area contributed by atoms with Crippen LogP contribution < -0.4 is 10.1 Å². The van der Waals surface area contributed by atoms with Crippen molar-refractivity contribution in [3.8, 4) is 5.75 Å². The van der Waals surface area contributed by atoms with E-state index in [1.54, 1.807) is 12.1 Å². The molecule has 0 spiro atoms. The van der Waals surface area contributed by atoms with E-state index >= 15 is 0 Å². The lowest BCUT2D eigenvalue weighted by molar-refractivity contribution is 0.102. The van der Waals surface area contributed by atoms with Crippen molar-refractivity contribution in [1.29, 1.82) is 0 Å². The van der Waals surface area contributed by atoms with Gasteiger partial charge in [-0.25, -0.2) is 8.78 Å². The van der Waals surface area contributed by atoms with Crippen LogP contribution in [0.1, 0.15) is 36.7 Å². The van der Waals surface area contributed by atoms with Crippen LogP contribution in [0.5, 0.6) is 5.75 Å². The van der Waals surface area contributed by atoms with Crippen LogP contribution in [0, 0.1) is 11.6 Å². The van der Waals surface area contributed by atoms with Crippen LogP contribution in [0.25, 0.3) is 0 Å². The van der Waals surface area contributed by atoms with Crippen LogP contribution in [0.2, 0.25) is 0 Å². The number of amides is 1. The Morgan fingerprint density at radius 2 is 1.65 bits per heavy atom.